The van der Waals surface area contributed by atoms with Gasteiger partial charge in [-0.1, -0.05) is 0 Å². The van der Waals surface area contributed by atoms with Gasteiger partial charge in [-0.05, 0) is 18.4 Å². The van der Waals surface area contributed by atoms with E-state index in [1.165, 1.54) is 6.20 Å². The molecule has 126 valence electrons. The molecule has 2 aliphatic heterocycles. The molecule has 0 N–H and O–H groups in total. The Morgan fingerprint density at radius 1 is 1.38 bits per heavy atom. The second-order valence-corrected chi connectivity index (χ2v) is 6.39. The van der Waals surface area contributed by atoms with Gasteiger partial charge in [-0.25, -0.2) is 0 Å². The zero-order chi connectivity index (χ0) is 16.5. The summed E-state index contributed by atoms with van der Waals surface area (Å²) in [4.78, 5) is 14.4. The maximum Gasteiger partial charge on any atom is 0.255 e. The summed E-state index contributed by atoms with van der Waals surface area (Å²) in [7, 11) is 0. The molecular formula is C16H19N5O3. The van der Waals surface area contributed by atoms with Crippen LogP contribution in [0.15, 0.2) is 22.9 Å². The standard InChI is InChI=1S/C16H19N5O3/c1-10-19-20-15(24-10)6-14-13-3-5-21(8-12(13)9-23-14)16(22)11-2-4-17-18-7-11/h2,4,7,12-14H,3,5-6,8-9H2,1H3/t12-,13-,14-/m1/s1. The van der Waals surface area contributed by atoms with Gasteiger partial charge in [0.15, 0.2) is 0 Å². The maximum absolute atomic E-state index is 12.5. The van der Waals surface area contributed by atoms with Crippen molar-refractivity contribution in [1.82, 2.24) is 25.3 Å². The van der Waals surface area contributed by atoms with E-state index in [-0.39, 0.29) is 12.0 Å². The number of aryl methyl sites for hydroxylation is 1. The van der Waals surface area contributed by atoms with Crippen molar-refractivity contribution in [2.75, 3.05) is 19.7 Å². The summed E-state index contributed by atoms with van der Waals surface area (Å²) in [6.07, 6.45) is 4.72. The quantitative estimate of drug-likeness (QED) is 0.825. The van der Waals surface area contributed by atoms with Crippen molar-refractivity contribution < 1.29 is 13.9 Å². The Bertz CT molecular complexity index is 720. The lowest BCUT2D eigenvalue weighted by atomic mass is 9.83. The molecule has 0 unspecified atom stereocenters. The lowest BCUT2D eigenvalue weighted by molar-refractivity contribution is 0.0603. The fourth-order valence-corrected chi connectivity index (χ4v) is 3.67. The van der Waals surface area contributed by atoms with E-state index >= 15 is 0 Å². The van der Waals surface area contributed by atoms with Crippen molar-refractivity contribution in [3.8, 4) is 0 Å². The Morgan fingerprint density at radius 3 is 3.04 bits per heavy atom. The highest BCUT2D eigenvalue weighted by atomic mass is 16.5. The zero-order valence-corrected chi connectivity index (χ0v) is 13.5. The van der Waals surface area contributed by atoms with Crippen LogP contribution in [0.5, 0.6) is 0 Å². The fraction of sp³-hybridized carbons (Fsp3) is 0.562. The summed E-state index contributed by atoms with van der Waals surface area (Å²) < 4.78 is 11.4. The van der Waals surface area contributed by atoms with E-state index in [2.05, 4.69) is 20.4 Å². The Labute approximate surface area is 139 Å². The molecule has 24 heavy (non-hydrogen) atoms. The van der Waals surface area contributed by atoms with Gasteiger partial charge in [-0.15, -0.1) is 10.2 Å². The van der Waals surface area contributed by atoms with Crippen LogP contribution in [-0.4, -0.2) is 57.0 Å². The number of piperidine rings is 1. The van der Waals surface area contributed by atoms with Crippen molar-refractivity contribution in [2.45, 2.75) is 25.9 Å². The number of carbonyl (C=O) groups is 1. The number of likely N-dealkylation sites (tertiary alicyclic amines) is 1. The van der Waals surface area contributed by atoms with E-state index in [1.54, 1.807) is 19.2 Å². The third kappa shape index (κ3) is 2.89. The van der Waals surface area contributed by atoms with Crippen molar-refractivity contribution >= 4 is 5.91 Å². The van der Waals surface area contributed by atoms with E-state index in [9.17, 15) is 4.79 Å². The van der Waals surface area contributed by atoms with Crippen LogP contribution >= 0.6 is 0 Å². The van der Waals surface area contributed by atoms with E-state index in [0.717, 1.165) is 13.0 Å². The minimum atomic E-state index is 0.0133. The monoisotopic (exact) mass is 329 g/mol. The predicted octanol–water partition coefficient (Wildman–Crippen LogP) is 0.888. The van der Waals surface area contributed by atoms with E-state index in [0.29, 0.717) is 48.8 Å². The van der Waals surface area contributed by atoms with E-state index in [4.69, 9.17) is 9.15 Å². The third-order valence-electron chi connectivity index (χ3n) is 4.86. The molecule has 0 spiro atoms. The molecule has 4 heterocycles. The number of hydrogen-bond acceptors (Lipinski definition) is 7. The molecule has 2 aromatic rings. The molecular weight excluding hydrogens is 310 g/mol. The third-order valence-corrected chi connectivity index (χ3v) is 4.86. The summed E-state index contributed by atoms with van der Waals surface area (Å²) in [5, 5.41) is 15.4. The van der Waals surface area contributed by atoms with E-state index < -0.39 is 0 Å². The normalized spacial score (nSPS) is 26.4. The Kier molecular flexibility index (Phi) is 3.97. The van der Waals surface area contributed by atoms with Crippen LogP contribution in [0.4, 0.5) is 0 Å². The molecule has 8 heteroatoms. The Balaban J connectivity index is 1.40. The largest absolute Gasteiger partial charge is 0.425 e. The lowest BCUT2D eigenvalue weighted by Gasteiger charge is -2.35. The lowest BCUT2D eigenvalue weighted by Crippen LogP contribution is -2.44. The molecule has 1 amide bonds. The number of ether oxygens (including phenoxy) is 1. The fourth-order valence-electron chi connectivity index (χ4n) is 3.67. The molecule has 0 radical (unpaired) electrons. The van der Waals surface area contributed by atoms with Gasteiger partial charge in [0.2, 0.25) is 11.8 Å². The van der Waals surface area contributed by atoms with Gasteiger partial charge in [0.1, 0.15) is 0 Å². The summed E-state index contributed by atoms with van der Waals surface area (Å²) in [6.45, 7) is 3.89. The number of aromatic nitrogens is 4. The number of fused-ring (bicyclic) bond motifs is 1. The molecule has 0 aliphatic carbocycles. The summed E-state index contributed by atoms with van der Waals surface area (Å²) in [5.41, 5.74) is 0.584. The van der Waals surface area contributed by atoms with Crippen molar-refractivity contribution in [3.63, 3.8) is 0 Å². The first-order valence-electron chi connectivity index (χ1n) is 8.17. The second kappa shape index (κ2) is 6.27. The Morgan fingerprint density at radius 2 is 2.29 bits per heavy atom. The minimum Gasteiger partial charge on any atom is -0.425 e. The van der Waals surface area contributed by atoms with Crippen molar-refractivity contribution in [3.05, 3.63) is 35.8 Å². The number of rotatable bonds is 3. The van der Waals surface area contributed by atoms with Gasteiger partial charge < -0.3 is 14.1 Å². The van der Waals surface area contributed by atoms with Crippen LogP contribution in [0.3, 0.4) is 0 Å². The van der Waals surface area contributed by atoms with Gasteiger partial charge in [0.05, 0.1) is 37.1 Å². The van der Waals surface area contributed by atoms with Crippen LogP contribution < -0.4 is 0 Å². The molecule has 0 aromatic carbocycles. The molecule has 0 saturated carbocycles. The van der Waals surface area contributed by atoms with Crippen LogP contribution in [-0.2, 0) is 11.2 Å². The topological polar surface area (TPSA) is 94.2 Å². The van der Waals surface area contributed by atoms with Gasteiger partial charge in [-0.3, -0.25) is 4.79 Å². The first kappa shape index (κ1) is 15.2. The first-order chi connectivity index (χ1) is 11.7. The molecule has 2 aliphatic rings. The smallest absolute Gasteiger partial charge is 0.255 e. The van der Waals surface area contributed by atoms with Gasteiger partial charge in [0.25, 0.3) is 5.91 Å². The molecule has 2 fully saturated rings. The van der Waals surface area contributed by atoms with Crippen LogP contribution in [0, 0.1) is 18.8 Å². The highest BCUT2D eigenvalue weighted by Gasteiger charge is 2.42. The molecule has 2 aromatic heterocycles. The Hall–Kier alpha value is -2.35. The predicted molar refractivity (Wildman–Crippen MR) is 82.0 cm³/mol. The maximum atomic E-state index is 12.5. The average Bonchev–Trinajstić information content (AvgIpc) is 3.21. The number of amides is 1. The van der Waals surface area contributed by atoms with Crippen LogP contribution in [0.25, 0.3) is 0 Å². The average molecular weight is 329 g/mol. The number of carbonyl (C=O) groups excluding carboxylic acids is 1. The highest BCUT2D eigenvalue weighted by Crippen LogP contribution is 2.36. The molecule has 2 saturated heterocycles. The summed E-state index contributed by atoms with van der Waals surface area (Å²) in [6, 6.07) is 1.70. The van der Waals surface area contributed by atoms with Gasteiger partial charge >= 0.3 is 0 Å². The molecule has 0 bridgehead atoms. The van der Waals surface area contributed by atoms with E-state index in [1.807, 2.05) is 4.90 Å². The molecule has 4 rings (SSSR count). The summed E-state index contributed by atoms with van der Waals surface area (Å²) >= 11 is 0. The van der Waals surface area contributed by atoms with Gasteiger partial charge in [0, 0.05) is 25.9 Å². The first-order valence-corrected chi connectivity index (χ1v) is 8.17. The minimum absolute atomic E-state index is 0.0133. The number of hydrogen-bond donors (Lipinski definition) is 0. The number of nitrogens with zero attached hydrogens (tertiary/aromatic N) is 5. The molecule has 3 atom stereocenters. The SMILES string of the molecule is Cc1nnc(C[C@H]2OC[C@H]3CN(C(=O)c4ccnnc4)CC[C@H]32)o1. The zero-order valence-electron chi connectivity index (χ0n) is 13.5. The highest BCUT2D eigenvalue weighted by molar-refractivity contribution is 5.93. The second-order valence-electron chi connectivity index (χ2n) is 6.39. The summed E-state index contributed by atoms with van der Waals surface area (Å²) in [5.74, 6) is 1.99. The van der Waals surface area contributed by atoms with Crippen molar-refractivity contribution in [2.24, 2.45) is 11.8 Å². The van der Waals surface area contributed by atoms with Crippen LogP contribution in [0.1, 0.15) is 28.6 Å². The van der Waals surface area contributed by atoms with Crippen LogP contribution in [0.2, 0.25) is 0 Å². The molecule has 8 nitrogen and oxygen atoms in total. The van der Waals surface area contributed by atoms with Gasteiger partial charge in [-0.2, -0.15) is 10.2 Å². The van der Waals surface area contributed by atoms with Crippen molar-refractivity contribution in [1.29, 1.82) is 0 Å².